The molecule has 0 aromatic carbocycles. The average Bonchev–Trinajstić information content (AvgIpc) is 2.56. The summed E-state index contributed by atoms with van der Waals surface area (Å²) < 4.78 is 21.7. The first kappa shape index (κ1) is 13.2. The van der Waals surface area contributed by atoms with E-state index in [1.54, 1.807) is 4.90 Å². The predicted molar refractivity (Wildman–Crippen MR) is 62.2 cm³/mol. The molecule has 0 aromatic rings. The molecule has 0 unspecified atom stereocenters. The summed E-state index contributed by atoms with van der Waals surface area (Å²) in [6, 6.07) is -0.0158. The third-order valence-electron chi connectivity index (χ3n) is 2.37. The van der Waals surface area contributed by atoms with Gasteiger partial charge in [0.15, 0.2) is 0 Å². The monoisotopic (exact) mass is 249 g/mol. The summed E-state index contributed by atoms with van der Waals surface area (Å²) in [7, 11) is -2.85. The zero-order chi connectivity index (χ0) is 12.0. The van der Waals surface area contributed by atoms with E-state index in [4.69, 9.17) is 0 Å². The molecule has 1 heterocycles. The van der Waals surface area contributed by atoms with Gasteiger partial charge in [0, 0.05) is 32.4 Å². The van der Waals surface area contributed by atoms with E-state index in [9.17, 15) is 13.2 Å². The van der Waals surface area contributed by atoms with Crippen LogP contribution < -0.4 is 10.6 Å². The fourth-order valence-corrected chi connectivity index (χ4v) is 2.19. The minimum atomic E-state index is -2.85. The average molecular weight is 249 g/mol. The highest BCUT2D eigenvalue weighted by Crippen LogP contribution is 1.94. The van der Waals surface area contributed by atoms with Gasteiger partial charge in [-0.05, 0) is 13.0 Å². The van der Waals surface area contributed by atoms with Crippen molar-refractivity contribution < 1.29 is 13.2 Å². The van der Waals surface area contributed by atoms with Gasteiger partial charge in [-0.25, -0.2) is 13.2 Å². The SMILES string of the molecule is CS(=O)(=O)CCCNCCN1CCNC1=O. The molecule has 1 rings (SSSR count). The fraction of sp³-hybridized carbons (Fsp3) is 0.889. The molecule has 0 atom stereocenters. The van der Waals surface area contributed by atoms with Crippen LogP contribution in [0.2, 0.25) is 0 Å². The Balaban J connectivity index is 1.98. The molecule has 1 aliphatic rings. The number of urea groups is 1. The molecular formula is C9H19N3O3S. The molecule has 0 bridgehead atoms. The minimum absolute atomic E-state index is 0.0158. The Hall–Kier alpha value is -0.820. The summed E-state index contributed by atoms with van der Waals surface area (Å²) in [4.78, 5) is 12.9. The van der Waals surface area contributed by atoms with E-state index in [1.165, 1.54) is 6.26 Å². The first-order chi connectivity index (χ1) is 7.49. The van der Waals surface area contributed by atoms with Crippen LogP contribution >= 0.6 is 0 Å². The lowest BCUT2D eigenvalue weighted by Gasteiger charge is -2.14. The molecule has 1 saturated heterocycles. The van der Waals surface area contributed by atoms with Crippen LogP contribution in [0.3, 0.4) is 0 Å². The van der Waals surface area contributed by atoms with Gasteiger partial charge in [-0.2, -0.15) is 0 Å². The number of carbonyl (C=O) groups excluding carboxylic acids is 1. The van der Waals surface area contributed by atoms with Gasteiger partial charge in [0.2, 0.25) is 0 Å². The van der Waals surface area contributed by atoms with Crippen LogP contribution in [-0.4, -0.2) is 64.1 Å². The highest BCUT2D eigenvalue weighted by atomic mass is 32.2. The number of carbonyl (C=O) groups is 1. The standard InChI is InChI=1S/C9H19N3O3S/c1-16(14,15)8-2-3-10-4-6-12-7-5-11-9(12)13/h10H,2-8H2,1H3,(H,11,13). The first-order valence-corrected chi connectivity index (χ1v) is 7.46. The lowest BCUT2D eigenvalue weighted by Crippen LogP contribution is -2.35. The van der Waals surface area contributed by atoms with Crippen LogP contribution in [0, 0.1) is 0 Å². The Kier molecular flexibility index (Phi) is 5.01. The molecule has 16 heavy (non-hydrogen) atoms. The molecule has 0 saturated carbocycles. The lowest BCUT2D eigenvalue weighted by atomic mass is 10.4. The van der Waals surface area contributed by atoms with E-state index in [0.29, 0.717) is 32.6 Å². The first-order valence-electron chi connectivity index (χ1n) is 5.40. The Labute approximate surface area is 96.3 Å². The normalized spacial score (nSPS) is 16.6. The Morgan fingerprint density at radius 2 is 2.19 bits per heavy atom. The van der Waals surface area contributed by atoms with Crippen LogP contribution in [0.4, 0.5) is 4.79 Å². The molecule has 94 valence electrons. The number of nitrogens with one attached hydrogen (secondary N) is 2. The van der Waals surface area contributed by atoms with Crippen LogP contribution in [0.1, 0.15) is 6.42 Å². The Bertz CT molecular complexity index is 329. The van der Waals surface area contributed by atoms with Crippen molar-refractivity contribution in [2.75, 3.05) is 44.7 Å². The number of hydrogen-bond acceptors (Lipinski definition) is 4. The predicted octanol–water partition coefficient (Wildman–Crippen LogP) is -0.964. The second kappa shape index (κ2) is 6.05. The van der Waals surface area contributed by atoms with Crippen molar-refractivity contribution in [3.63, 3.8) is 0 Å². The Morgan fingerprint density at radius 3 is 2.75 bits per heavy atom. The van der Waals surface area contributed by atoms with Crippen molar-refractivity contribution in [3.05, 3.63) is 0 Å². The summed E-state index contributed by atoms with van der Waals surface area (Å²) >= 11 is 0. The van der Waals surface area contributed by atoms with E-state index in [-0.39, 0.29) is 11.8 Å². The van der Waals surface area contributed by atoms with Gasteiger partial charge in [-0.1, -0.05) is 0 Å². The molecule has 0 spiro atoms. The maximum Gasteiger partial charge on any atom is 0.317 e. The molecule has 6 nitrogen and oxygen atoms in total. The van der Waals surface area contributed by atoms with Crippen molar-refractivity contribution in [1.82, 2.24) is 15.5 Å². The molecule has 1 fully saturated rings. The van der Waals surface area contributed by atoms with Crippen molar-refractivity contribution in [2.45, 2.75) is 6.42 Å². The largest absolute Gasteiger partial charge is 0.336 e. The van der Waals surface area contributed by atoms with Gasteiger partial charge < -0.3 is 15.5 Å². The zero-order valence-corrected chi connectivity index (χ0v) is 10.3. The van der Waals surface area contributed by atoms with Crippen LogP contribution in [0.5, 0.6) is 0 Å². The van der Waals surface area contributed by atoms with Gasteiger partial charge in [0.1, 0.15) is 9.84 Å². The molecular weight excluding hydrogens is 230 g/mol. The zero-order valence-electron chi connectivity index (χ0n) is 9.53. The molecule has 7 heteroatoms. The van der Waals surface area contributed by atoms with Crippen LogP contribution in [0.25, 0.3) is 0 Å². The smallest absolute Gasteiger partial charge is 0.317 e. The summed E-state index contributed by atoms with van der Waals surface area (Å²) in [5.74, 6) is 0.213. The Morgan fingerprint density at radius 1 is 1.44 bits per heavy atom. The molecule has 0 aromatic heterocycles. The number of amides is 2. The van der Waals surface area contributed by atoms with Gasteiger partial charge in [0.25, 0.3) is 0 Å². The van der Waals surface area contributed by atoms with E-state index < -0.39 is 9.84 Å². The van der Waals surface area contributed by atoms with E-state index in [0.717, 1.165) is 6.54 Å². The van der Waals surface area contributed by atoms with Crippen LogP contribution in [-0.2, 0) is 9.84 Å². The van der Waals surface area contributed by atoms with Gasteiger partial charge >= 0.3 is 6.03 Å². The fourth-order valence-electron chi connectivity index (χ4n) is 1.52. The van der Waals surface area contributed by atoms with E-state index >= 15 is 0 Å². The highest BCUT2D eigenvalue weighted by molar-refractivity contribution is 7.90. The maximum atomic E-state index is 11.1. The van der Waals surface area contributed by atoms with Gasteiger partial charge in [-0.3, -0.25) is 0 Å². The third kappa shape index (κ3) is 5.32. The number of hydrogen-bond donors (Lipinski definition) is 2. The van der Waals surface area contributed by atoms with Crippen molar-refractivity contribution in [2.24, 2.45) is 0 Å². The maximum absolute atomic E-state index is 11.1. The highest BCUT2D eigenvalue weighted by Gasteiger charge is 2.17. The lowest BCUT2D eigenvalue weighted by molar-refractivity contribution is 0.217. The third-order valence-corrected chi connectivity index (χ3v) is 3.40. The second-order valence-electron chi connectivity index (χ2n) is 3.95. The molecule has 2 amide bonds. The molecule has 2 N–H and O–H groups in total. The topological polar surface area (TPSA) is 78.5 Å². The molecule has 1 aliphatic heterocycles. The number of sulfone groups is 1. The van der Waals surface area contributed by atoms with Gasteiger partial charge in [-0.15, -0.1) is 0 Å². The summed E-state index contributed by atoms with van der Waals surface area (Å²) in [5, 5.41) is 5.84. The summed E-state index contributed by atoms with van der Waals surface area (Å²) in [6.45, 7) is 3.52. The summed E-state index contributed by atoms with van der Waals surface area (Å²) in [6.07, 6.45) is 1.85. The quantitative estimate of drug-likeness (QED) is 0.569. The molecule has 0 aliphatic carbocycles. The van der Waals surface area contributed by atoms with E-state index in [1.807, 2.05) is 0 Å². The number of rotatable bonds is 7. The van der Waals surface area contributed by atoms with Crippen molar-refractivity contribution >= 4 is 15.9 Å². The van der Waals surface area contributed by atoms with Crippen LogP contribution in [0.15, 0.2) is 0 Å². The number of nitrogens with zero attached hydrogens (tertiary/aromatic N) is 1. The minimum Gasteiger partial charge on any atom is -0.336 e. The van der Waals surface area contributed by atoms with Gasteiger partial charge in [0.05, 0.1) is 5.75 Å². The van der Waals surface area contributed by atoms with E-state index in [2.05, 4.69) is 10.6 Å². The van der Waals surface area contributed by atoms with Crippen molar-refractivity contribution in [3.8, 4) is 0 Å². The molecule has 0 radical (unpaired) electrons. The second-order valence-corrected chi connectivity index (χ2v) is 6.21. The van der Waals surface area contributed by atoms with Crippen molar-refractivity contribution in [1.29, 1.82) is 0 Å². The summed E-state index contributed by atoms with van der Waals surface area (Å²) in [5.41, 5.74) is 0.